The molecule has 2 heterocycles. The van der Waals surface area contributed by atoms with Gasteiger partial charge in [0.15, 0.2) is 6.10 Å². The van der Waals surface area contributed by atoms with Gasteiger partial charge < -0.3 is 19.4 Å². The van der Waals surface area contributed by atoms with Gasteiger partial charge in [0.25, 0.3) is 0 Å². The van der Waals surface area contributed by atoms with Crippen molar-refractivity contribution >= 4 is 11.9 Å². The van der Waals surface area contributed by atoms with Crippen molar-refractivity contribution in [3.05, 3.63) is 53.9 Å². The fraction of sp³-hybridized carbons (Fsp3) is 0.278. The SMILES string of the molecule is CC(C)Oc1ccc([C@H]2CC(Oc3ccc(C(=O)O)nc3)=NO2)cc1. The quantitative estimate of drug-likeness (QED) is 0.895. The number of oxime groups is 1. The second kappa shape index (κ2) is 7.21. The molecule has 0 bridgehead atoms. The van der Waals surface area contributed by atoms with Gasteiger partial charge in [-0.15, -0.1) is 0 Å². The van der Waals surface area contributed by atoms with Gasteiger partial charge in [-0.05, 0) is 43.7 Å². The molecule has 0 unspecified atom stereocenters. The Hall–Kier alpha value is -3.09. The monoisotopic (exact) mass is 342 g/mol. The molecule has 7 heteroatoms. The lowest BCUT2D eigenvalue weighted by molar-refractivity contribution is 0.0690. The number of ether oxygens (including phenoxy) is 2. The van der Waals surface area contributed by atoms with Crippen LogP contribution in [0.25, 0.3) is 0 Å². The lowest BCUT2D eigenvalue weighted by Crippen LogP contribution is -2.08. The van der Waals surface area contributed by atoms with Gasteiger partial charge in [0.2, 0.25) is 5.90 Å². The Bertz CT molecular complexity index is 769. The largest absolute Gasteiger partial charge is 0.491 e. The molecule has 1 aromatic heterocycles. The standard InChI is InChI=1S/C18H18N2O5/c1-11(2)23-13-5-3-12(4-6-13)16-9-17(20-25-16)24-14-7-8-15(18(21)22)19-10-14/h3-8,10-11,16H,9H2,1-2H3,(H,21,22)/t16-/m1/s1. The van der Waals surface area contributed by atoms with Crippen molar-refractivity contribution in [1.29, 1.82) is 0 Å². The van der Waals surface area contributed by atoms with Gasteiger partial charge in [0.05, 0.1) is 18.7 Å². The van der Waals surface area contributed by atoms with E-state index in [1.807, 2.05) is 38.1 Å². The Morgan fingerprint density at radius 1 is 1.20 bits per heavy atom. The maximum atomic E-state index is 10.8. The molecule has 1 aliphatic rings. The highest BCUT2D eigenvalue weighted by Gasteiger charge is 2.24. The molecule has 1 N–H and O–H groups in total. The molecule has 0 spiro atoms. The Morgan fingerprint density at radius 2 is 1.92 bits per heavy atom. The Balaban J connectivity index is 1.58. The summed E-state index contributed by atoms with van der Waals surface area (Å²) in [6.45, 7) is 3.95. The summed E-state index contributed by atoms with van der Waals surface area (Å²) in [6.07, 6.45) is 1.72. The average molecular weight is 342 g/mol. The summed E-state index contributed by atoms with van der Waals surface area (Å²) in [5.41, 5.74) is 0.927. The molecule has 1 aromatic carbocycles. The summed E-state index contributed by atoms with van der Waals surface area (Å²) in [6, 6.07) is 10.6. The number of aromatic carboxylic acids is 1. The second-order valence-electron chi connectivity index (χ2n) is 5.81. The normalized spacial score (nSPS) is 16.3. The van der Waals surface area contributed by atoms with E-state index >= 15 is 0 Å². The fourth-order valence-corrected chi connectivity index (χ4v) is 2.33. The molecule has 0 saturated heterocycles. The highest BCUT2D eigenvalue weighted by atomic mass is 16.7. The number of aromatic nitrogens is 1. The molecule has 0 amide bonds. The van der Waals surface area contributed by atoms with Gasteiger partial charge in [-0.2, -0.15) is 0 Å². The predicted octanol–water partition coefficient (Wildman–Crippen LogP) is 3.42. The maximum Gasteiger partial charge on any atom is 0.354 e. The molecular weight excluding hydrogens is 324 g/mol. The molecule has 0 radical (unpaired) electrons. The first-order chi connectivity index (χ1) is 12.0. The van der Waals surface area contributed by atoms with E-state index in [-0.39, 0.29) is 17.9 Å². The number of carboxylic acid groups (broad SMARTS) is 1. The first-order valence-corrected chi connectivity index (χ1v) is 7.88. The second-order valence-corrected chi connectivity index (χ2v) is 5.81. The van der Waals surface area contributed by atoms with Crippen LogP contribution in [0.15, 0.2) is 47.8 Å². The number of hydrogen-bond acceptors (Lipinski definition) is 6. The smallest absolute Gasteiger partial charge is 0.354 e. The van der Waals surface area contributed by atoms with Crippen LogP contribution in [0.3, 0.4) is 0 Å². The summed E-state index contributed by atoms with van der Waals surface area (Å²) in [5, 5.41) is 12.8. The Labute approximate surface area is 144 Å². The number of nitrogens with zero attached hydrogens (tertiary/aromatic N) is 2. The summed E-state index contributed by atoms with van der Waals surface area (Å²) in [7, 11) is 0. The minimum atomic E-state index is -1.09. The van der Waals surface area contributed by atoms with Crippen LogP contribution < -0.4 is 9.47 Å². The van der Waals surface area contributed by atoms with E-state index < -0.39 is 5.97 Å². The van der Waals surface area contributed by atoms with Crippen molar-refractivity contribution in [3.63, 3.8) is 0 Å². The Morgan fingerprint density at radius 3 is 2.52 bits per heavy atom. The van der Waals surface area contributed by atoms with Gasteiger partial charge in [0.1, 0.15) is 17.2 Å². The summed E-state index contributed by atoms with van der Waals surface area (Å²) in [5.74, 6) is 0.544. The van der Waals surface area contributed by atoms with Gasteiger partial charge in [-0.1, -0.05) is 17.3 Å². The zero-order valence-electron chi connectivity index (χ0n) is 13.9. The van der Waals surface area contributed by atoms with Crippen molar-refractivity contribution in [2.75, 3.05) is 0 Å². The van der Waals surface area contributed by atoms with E-state index in [0.29, 0.717) is 18.1 Å². The van der Waals surface area contributed by atoms with Crippen molar-refractivity contribution < 1.29 is 24.2 Å². The number of carboxylic acids is 1. The van der Waals surface area contributed by atoms with E-state index in [4.69, 9.17) is 19.4 Å². The zero-order chi connectivity index (χ0) is 17.8. The number of benzene rings is 1. The summed E-state index contributed by atoms with van der Waals surface area (Å²) < 4.78 is 11.2. The highest BCUT2D eigenvalue weighted by Crippen LogP contribution is 2.29. The minimum Gasteiger partial charge on any atom is -0.491 e. The lowest BCUT2D eigenvalue weighted by atomic mass is 10.1. The van der Waals surface area contributed by atoms with Gasteiger partial charge in [-0.3, -0.25) is 0 Å². The van der Waals surface area contributed by atoms with Crippen molar-refractivity contribution in [2.45, 2.75) is 32.5 Å². The van der Waals surface area contributed by atoms with Gasteiger partial charge >= 0.3 is 5.97 Å². The number of pyridine rings is 1. The lowest BCUT2D eigenvalue weighted by Gasteiger charge is -2.12. The molecule has 0 aliphatic carbocycles. The van der Waals surface area contributed by atoms with Gasteiger partial charge in [-0.25, -0.2) is 9.78 Å². The van der Waals surface area contributed by atoms with Crippen LogP contribution in [0.1, 0.15) is 42.4 Å². The van der Waals surface area contributed by atoms with E-state index in [0.717, 1.165) is 11.3 Å². The number of rotatable bonds is 5. The third kappa shape index (κ3) is 4.26. The molecule has 3 rings (SSSR count). The van der Waals surface area contributed by atoms with Crippen LogP contribution in [0.4, 0.5) is 0 Å². The molecule has 1 atom stereocenters. The Kier molecular flexibility index (Phi) is 4.83. The van der Waals surface area contributed by atoms with Crippen molar-refractivity contribution in [2.24, 2.45) is 5.16 Å². The average Bonchev–Trinajstić information content (AvgIpc) is 3.04. The first kappa shape index (κ1) is 16.8. The fourth-order valence-electron chi connectivity index (χ4n) is 2.33. The molecule has 2 aromatic rings. The first-order valence-electron chi connectivity index (χ1n) is 7.88. The zero-order valence-corrected chi connectivity index (χ0v) is 13.9. The third-order valence-electron chi connectivity index (χ3n) is 3.46. The molecule has 25 heavy (non-hydrogen) atoms. The number of hydrogen-bond donors (Lipinski definition) is 1. The maximum absolute atomic E-state index is 10.8. The number of carbonyl (C=O) groups is 1. The molecule has 1 aliphatic heterocycles. The van der Waals surface area contributed by atoms with Crippen molar-refractivity contribution in [1.82, 2.24) is 4.98 Å². The molecular formula is C18H18N2O5. The third-order valence-corrected chi connectivity index (χ3v) is 3.46. The highest BCUT2D eigenvalue weighted by molar-refractivity contribution is 5.85. The van der Waals surface area contributed by atoms with Crippen molar-refractivity contribution in [3.8, 4) is 11.5 Å². The van der Waals surface area contributed by atoms with E-state index in [2.05, 4.69) is 10.1 Å². The minimum absolute atomic E-state index is 0.0430. The summed E-state index contributed by atoms with van der Waals surface area (Å²) >= 11 is 0. The van der Waals surface area contributed by atoms with Crippen LogP contribution in [0.2, 0.25) is 0 Å². The summed E-state index contributed by atoms with van der Waals surface area (Å²) in [4.78, 5) is 20.0. The van der Waals surface area contributed by atoms with E-state index in [1.165, 1.54) is 18.3 Å². The molecule has 0 saturated carbocycles. The van der Waals surface area contributed by atoms with Crippen LogP contribution >= 0.6 is 0 Å². The molecule has 0 fully saturated rings. The predicted molar refractivity (Wildman–Crippen MR) is 89.9 cm³/mol. The van der Waals surface area contributed by atoms with E-state index in [9.17, 15) is 4.79 Å². The van der Waals surface area contributed by atoms with Gasteiger partial charge in [0, 0.05) is 0 Å². The van der Waals surface area contributed by atoms with Crippen LogP contribution in [0, 0.1) is 0 Å². The van der Waals surface area contributed by atoms with Crippen LogP contribution in [0.5, 0.6) is 11.5 Å². The van der Waals surface area contributed by atoms with Crippen LogP contribution in [-0.4, -0.2) is 28.1 Å². The topological polar surface area (TPSA) is 90.2 Å². The van der Waals surface area contributed by atoms with E-state index in [1.54, 1.807) is 0 Å². The molecule has 7 nitrogen and oxygen atoms in total. The van der Waals surface area contributed by atoms with Crippen LogP contribution in [-0.2, 0) is 4.84 Å². The molecule has 130 valence electrons.